The molecular weight excluding hydrogens is 266 g/mol. The fraction of sp³-hybridized carbons (Fsp3) is 0.571. The molecule has 1 fully saturated rings. The van der Waals surface area contributed by atoms with Crippen LogP contribution in [0.4, 0.5) is 0 Å². The predicted molar refractivity (Wildman–Crippen MR) is 75.2 cm³/mol. The van der Waals surface area contributed by atoms with Crippen molar-refractivity contribution >= 4 is 11.6 Å². The second-order valence-electron chi connectivity index (χ2n) is 4.59. The Balaban J connectivity index is 2.12. The van der Waals surface area contributed by atoms with Gasteiger partial charge >= 0.3 is 0 Å². The Bertz CT molecular complexity index is 421. The van der Waals surface area contributed by atoms with Crippen LogP contribution >= 0.6 is 11.6 Å². The third-order valence-electron chi connectivity index (χ3n) is 3.01. The second-order valence-corrected chi connectivity index (χ2v) is 5.03. The minimum atomic E-state index is 0.491. The molecule has 0 heterocycles. The molecule has 1 N–H and O–H groups in total. The highest BCUT2D eigenvalue weighted by atomic mass is 35.5. The molecule has 0 unspecified atom stereocenters. The maximum atomic E-state index is 6.10. The van der Waals surface area contributed by atoms with E-state index in [1.807, 2.05) is 6.07 Å². The van der Waals surface area contributed by atoms with Gasteiger partial charge in [-0.1, -0.05) is 11.6 Å². The zero-order valence-corrected chi connectivity index (χ0v) is 12.1. The molecule has 0 amide bonds. The Kier molecular flexibility index (Phi) is 5.31. The number of rotatable bonds is 8. The van der Waals surface area contributed by atoms with E-state index in [1.165, 1.54) is 12.8 Å². The van der Waals surface area contributed by atoms with Crippen molar-refractivity contribution in [3.63, 3.8) is 0 Å². The molecule has 1 saturated carbocycles. The van der Waals surface area contributed by atoms with Gasteiger partial charge in [0.1, 0.15) is 6.61 Å². The van der Waals surface area contributed by atoms with Crippen molar-refractivity contribution in [2.24, 2.45) is 0 Å². The van der Waals surface area contributed by atoms with Crippen molar-refractivity contribution in [2.75, 3.05) is 27.4 Å². The van der Waals surface area contributed by atoms with Gasteiger partial charge in [0.2, 0.25) is 0 Å². The number of benzene rings is 1. The molecule has 5 heteroatoms. The van der Waals surface area contributed by atoms with Crippen LogP contribution in [0.3, 0.4) is 0 Å². The first kappa shape index (κ1) is 14.4. The van der Waals surface area contributed by atoms with Gasteiger partial charge in [-0.2, -0.15) is 0 Å². The summed E-state index contributed by atoms with van der Waals surface area (Å²) in [6.07, 6.45) is 2.50. The maximum absolute atomic E-state index is 6.10. The van der Waals surface area contributed by atoms with Crippen molar-refractivity contribution in [3.05, 3.63) is 22.7 Å². The lowest BCUT2D eigenvalue weighted by atomic mass is 10.2. The molecule has 1 aromatic carbocycles. The summed E-state index contributed by atoms with van der Waals surface area (Å²) in [5, 5.41) is 4.11. The fourth-order valence-corrected chi connectivity index (χ4v) is 2.07. The van der Waals surface area contributed by atoms with Gasteiger partial charge < -0.3 is 19.5 Å². The number of nitrogens with one attached hydrogen (secondary N) is 1. The molecule has 1 aliphatic carbocycles. The van der Waals surface area contributed by atoms with Gasteiger partial charge in [0.05, 0.1) is 13.7 Å². The number of ether oxygens (including phenoxy) is 3. The van der Waals surface area contributed by atoms with Crippen molar-refractivity contribution in [1.29, 1.82) is 0 Å². The van der Waals surface area contributed by atoms with Gasteiger partial charge in [0.25, 0.3) is 0 Å². The summed E-state index contributed by atoms with van der Waals surface area (Å²) in [6, 6.07) is 4.32. The van der Waals surface area contributed by atoms with Crippen molar-refractivity contribution in [2.45, 2.75) is 25.4 Å². The van der Waals surface area contributed by atoms with E-state index < -0.39 is 0 Å². The Hall–Kier alpha value is -0.970. The van der Waals surface area contributed by atoms with E-state index in [0.29, 0.717) is 30.0 Å². The summed E-state index contributed by atoms with van der Waals surface area (Å²) in [5.74, 6) is 1.41. The quantitative estimate of drug-likeness (QED) is 0.746. The van der Waals surface area contributed by atoms with Crippen LogP contribution in [0.15, 0.2) is 12.1 Å². The Morgan fingerprint density at radius 2 is 2.05 bits per heavy atom. The molecule has 1 aliphatic rings. The van der Waals surface area contributed by atoms with Crippen LogP contribution in [0.2, 0.25) is 5.02 Å². The van der Waals surface area contributed by atoms with E-state index in [9.17, 15) is 0 Å². The number of hydrogen-bond acceptors (Lipinski definition) is 4. The highest BCUT2D eigenvalue weighted by molar-refractivity contribution is 6.30. The molecule has 0 saturated heterocycles. The van der Waals surface area contributed by atoms with Crippen LogP contribution in [0.1, 0.15) is 18.4 Å². The molecule has 0 spiro atoms. The first-order valence-electron chi connectivity index (χ1n) is 6.46. The highest BCUT2D eigenvalue weighted by Gasteiger charge is 2.21. The average molecular weight is 286 g/mol. The van der Waals surface area contributed by atoms with E-state index in [1.54, 1.807) is 20.3 Å². The van der Waals surface area contributed by atoms with E-state index >= 15 is 0 Å². The predicted octanol–water partition coefficient (Wildman–Crippen LogP) is 2.63. The zero-order valence-electron chi connectivity index (χ0n) is 11.4. The van der Waals surface area contributed by atoms with Crippen LogP contribution < -0.4 is 14.8 Å². The van der Waals surface area contributed by atoms with Crippen molar-refractivity contribution < 1.29 is 14.2 Å². The molecule has 0 aliphatic heterocycles. The Morgan fingerprint density at radius 3 is 2.68 bits per heavy atom. The lowest BCUT2D eigenvalue weighted by Crippen LogP contribution is -2.17. The summed E-state index contributed by atoms with van der Waals surface area (Å²) in [6.45, 7) is 1.77. The lowest BCUT2D eigenvalue weighted by Gasteiger charge is -2.16. The molecular formula is C14H20ClNO3. The summed E-state index contributed by atoms with van der Waals surface area (Å²) >= 11 is 6.10. The molecule has 4 nitrogen and oxygen atoms in total. The van der Waals surface area contributed by atoms with Crippen LogP contribution in [0.5, 0.6) is 11.5 Å². The van der Waals surface area contributed by atoms with E-state index in [4.69, 9.17) is 25.8 Å². The van der Waals surface area contributed by atoms with Gasteiger partial charge in [-0.15, -0.1) is 0 Å². The highest BCUT2D eigenvalue weighted by Crippen LogP contribution is 2.35. The monoisotopic (exact) mass is 285 g/mol. The largest absolute Gasteiger partial charge is 0.493 e. The first-order valence-corrected chi connectivity index (χ1v) is 6.84. The molecule has 1 aromatic rings. The zero-order chi connectivity index (χ0) is 13.7. The van der Waals surface area contributed by atoms with Gasteiger partial charge in [0, 0.05) is 36.3 Å². The third-order valence-corrected chi connectivity index (χ3v) is 3.23. The SMILES string of the molecule is COCCOc1c(CNC2CC2)cc(Cl)cc1OC. The van der Waals surface area contributed by atoms with E-state index in [2.05, 4.69) is 5.32 Å². The number of hydrogen-bond donors (Lipinski definition) is 1. The standard InChI is InChI=1S/C14H20ClNO3/c1-17-5-6-19-14-10(9-16-12-3-4-12)7-11(15)8-13(14)18-2/h7-8,12,16H,3-6,9H2,1-2H3. The second kappa shape index (κ2) is 6.98. The van der Waals surface area contributed by atoms with Crippen molar-refractivity contribution in [3.8, 4) is 11.5 Å². The fourth-order valence-electron chi connectivity index (χ4n) is 1.84. The summed E-state index contributed by atoms with van der Waals surface area (Å²) in [7, 11) is 3.27. The number of methoxy groups -OCH3 is 2. The maximum Gasteiger partial charge on any atom is 0.165 e. The summed E-state index contributed by atoms with van der Waals surface area (Å²) < 4.78 is 16.1. The third kappa shape index (κ3) is 4.27. The lowest BCUT2D eigenvalue weighted by molar-refractivity contribution is 0.143. The topological polar surface area (TPSA) is 39.7 Å². The summed E-state index contributed by atoms with van der Waals surface area (Å²) in [4.78, 5) is 0. The molecule has 106 valence electrons. The Morgan fingerprint density at radius 1 is 1.26 bits per heavy atom. The van der Waals surface area contributed by atoms with Gasteiger partial charge in [-0.25, -0.2) is 0 Å². The molecule has 19 heavy (non-hydrogen) atoms. The van der Waals surface area contributed by atoms with E-state index in [-0.39, 0.29) is 0 Å². The Labute approximate surface area is 119 Å². The van der Waals surface area contributed by atoms with Gasteiger partial charge in [0.15, 0.2) is 11.5 Å². The average Bonchev–Trinajstić information content (AvgIpc) is 3.22. The van der Waals surface area contributed by atoms with Gasteiger partial charge in [-0.3, -0.25) is 0 Å². The molecule has 2 rings (SSSR count). The smallest absolute Gasteiger partial charge is 0.165 e. The van der Waals surface area contributed by atoms with Crippen LogP contribution in [0, 0.1) is 0 Å². The normalized spacial score (nSPS) is 14.5. The molecule has 0 aromatic heterocycles. The van der Waals surface area contributed by atoms with Crippen LogP contribution in [0.25, 0.3) is 0 Å². The van der Waals surface area contributed by atoms with Crippen LogP contribution in [-0.2, 0) is 11.3 Å². The first-order chi connectivity index (χ1) is 9.24. The van der Waals surface area contributed by atoms with Gasteiger partial charge in [-0.05, 0) is 18.9 Å². The minimum Gasteiger partial charge on any atom is -0.493 e. The summed E-state index contributed by atoms with van der Waals surface area (Å²) in [5.41, 5.74) is 1.02. The molecule has 0 bridgehead atoms. The number of halogens is 1. The molecule has 0 atom stereocenters. The van der Waals surface area contributed by atoms with Crippen LogP contribution in [-0.4, -0.2) is 33.5 Å². The van der Waals surface area contributed by atoms with E-state index in [0.717, 1.165) is 17.9 Å². The molecule has 0 radical (unpaired) electrons. The minimum absolute atomic E-state index is 0.491. The van der Waals surface area contributed by atoms with Crippen molar-refractivity contribution in [1.82, 2.24) is 5.32 Å².